The molecule has 0 spiro atoms. The number of thioether (sulfide) groups is 1. The van der Waals surface area contributed by atoms with Gasteiger partial charge in [-0.1, -0.05) is 35.5 Å². The first-order valence-electron chi connectivity index (χ1n) is 8.63. The number of amides is 1. The second-order valence-electron chi connectivity index (χ2n) is 5.95. The van der Waals surface area contributed by atoms with Gasteiger partial charge in [-0.2, -0.15) is 9.97 Å². The van der Waals surface area contributed by atoms with Crippen LogP contribution in [0.25, 0.3) is 0 Å². The van der Waals surface area contributed by atoms with Gasteiger partial charge in [0.05, 0.1) is 32.2 Å². The quantitative estimate of drug-likeness (QED) is 0.546. The Kier molecular flexibility index (Phi) is 6.95. The van der Waals surface area contributed by atoms with Gasteiger partial charge >= 0.3 is 0 Å². The van der Waals surface area contributed by atoms with Gasteiger partial charge in [-0.15, -0.1) is 0 Å². The van der Waals surface area contributed by atoms with Crippen molar-refractivity contribution in [3.8, 4) is 11.8 Å². The third-order valence-electron chi connectivity index (χ3n) is 4.02. The Labute approximate surface area is 177 Å². The van der Waals surface area contributed by atoms with E-state index in [1.807, 2.05) is 12.1 Å². The molecular formula is C19H20ClN5O3S. The fraction of sp³-hybridized carbons (Fsp3) is 0.263. The second-order valence-corrected chi connectivity index (χ2v) is 7.33. The number of nitrogens with zero attached hydrogens (tertiary/aromatic N) is 4. The Balaban J connectivity index is 1.63. The first kappa shape index (κ1) is 20.9. The summed E-state index contributed by atoms with van der Waals surface area (Å²) in [5, 5.41) is 4.21. The van der Waals surface area contributed by atoms with Crippen LogP contribution in [0.15, 0.2) is 41.7 Å². The Morgan fingerprint density at radius 2 is 1.83 bits per heavy atom. The number of imidazole rings is 1. The van der Waals surface area contributed by atoms with E-state index in [1.54, 1.807) is 36.0 Å². The van der Waals surface area contributed by atoms with Gasteiger partial charge in [-0.05, 0) is 17.7 Å². The topological polar surface area (TPSA) is 91.2 Å². The second kappa shape index (κ2) is 9.62. The summed E-state index contributed by atoms with van der Waals surface area (Å²) in [7, 11) is 4.86. The molecule has 0 fully saturated rings. The van der Waals surface area contributed by atoms with E-state index in [2.05, 4.69) is 20.3 Å². The number of rotatable bonds is 8. The number of carbonyl (C=O) groups excluding carboxylic acids is 1. The summed E-state index contributed by atoms with van der Waals surface area (Å²) in [6.07, 6.45) is 1.55. The van der Waals surface area contributed by atoms with Gasteiger partial charge in [0.25, 0.3) is 5.91 Å². The van der Waals surface area contributed by atoms with Gasteiger partial charge in [0.1, 0.15) is 11.5 Å². The van der Waals surface area contributed by atoms with Gasteiger partial charge in [-0.25, -0.2) is 4.98 Å². The van der Waals surface area contributed by atoms with Gasteiger partial charge in [0.2, 0.25) is 11.8 Å². The summed E-state index contributed by atoms with van der Waals surface area (Å²) in [6, 6.07) is 8.93. The smallest absolute Gasteiger partial charge is 0.269 e. The molecule has 0 bridgehead atoms. The van der Waals surface area contributed by atoms with Crippen LogP contribution in [0.3, 0.4) is 0 Å². The van der Waals surface area contributed by atoms with Crippen molar-refractivity contribution >= 4 is 29.3 Å². The average Bonchev–Trinajstić information content (AvgIpc) is 3.11. The van der Waals surface area contributed by atoms with Crippen molar-refractivity contribution in [3.63, 3.8) is 0 Å². The highest BCUT2D eigenvalue weighted by molar-refractivity contribution is 7.98. The van der Waals surface area contributed by atoms with Gasteiger partial charge in [-0.3, -0.25) is 4.79 Å². The summed E-state index contributed by atoms with van der Waals surface area (Å²) in [5.74, 6) is 1.64. The highest BCUT2D eigenvalue weighted by Crippen LogP contribution is 2.23. The lowest BCUT2D eigenvalue weighted by molar-refractivity contribution is 0.0942. The number of aromatic nitrogens is 4. The zero-order valence-electron chi connectivity index (χ0n) is 16.2. The first-order chi connectivity index (χ1) is 14.0. The summed E-state index contributed by atoms with van der Waals surface area (Å²) in [4.78, 5) is 25.4. The largest absolute Gasteiger partial charge is 0.481 e. The van der Waals surface area contributed by atoms with Crippen LogP contribution in [0, 0.1) is 0 Å². The predicted octanol–water partition coefficient (Wildman–Crippen LogP) is 3.10. The summed E-state index contributed by atoms with van der Waals surface area (Å²) >= 11 is 7.29. The lowest BCUT2D eigenvalue weighted by Gasteiger charge is -2.08. The van der Waals surface area contributed by atoms with Crippen molar-refractivity contribution in [1.29, 1.82) is 0 Å². The molecule has 0 atom stereocenters. The molecule has 152 valence electrons. The summed E-state index contributed by atoms with van der Waals surface area (Å²) in [5.41, 5.74) is 1.43. The lowest BCUT2D eigenvalue weighted by atomic mass is 10.2. The molecule has 3 aromatic rings. The fourth-order valence-electron chi connectivity index (χ4n) is 2.47. The SMILES string of the molecule is COc1cc(OC)nc(CSc2ncc(C(=O)NCc3ccc(Cl)cc3)n2C)n1. The van der Waals surface area contributed by atoms with Crippen molar-refractivity contribution in [2.75, 3.05) is 14.2 Å². The molecule has 10 heteroatoms. The molecule has 0 saturated heterocycles. The minimum Gasteiger partial charge on any atom is -0.481 e. The van der Waals surface area contributed by atoms with Crippen LogP contribution < -0.4 is 14.8 Å². The lowest BCUT2D eigenvalue weighted by Crippen LogP contribution is -2.24. The van der Waals surface area contributed by atoms with Gasteiger partial charge in [0.15, 0.2) is 5.16 Å². The Morgan fingerprint density at radius 1 is 1.17 bits per heavy atom. The normalized spacial score (nSPS) is 10.6. The van der Waals surface area contributed by atoms with E-state index in [9.17, 15) is 4.79 Å². The number of methoxy groups -OCH3 is 2. The molecule has 0 unspecified atom stereocenters. The van der Waals surface area contributed by atoms with Crippen molar-refractivity contribution < 1.29 is 14.3 Å². The minimum absolute atomic E-state index is 0.207. The van der Waals surface area contributed by atoms with E-state index < -0.39 is 0 Å². The molecule has 2 heterocycles. The number of ether oxygens (including phenoxy) is 2. The van der Waals surface area contributed by atoms with Crippen LogP contribution in [0.5, 0.6) is 11.8 Å². The molecule has 0 saturated carbocycles. The molecule has 1 N–H and O–H groups in total. The minimum atomic E-state index is -0.207. The Morgan fingerprint density at radius 3 is 2.45 bits per heavy atom. The van der Waals surface area contributed by atoms with E-state index in [-0.39, 0.29) is 5.91 Å². The van der Waals surface area contributed by atoms with Crippen molar-refractivity contribution in [2.24, 2.45) is 7.05 Å². The molecule has 2 aromatic heterocycles. The Hall–Kier alpha value is -2.78. The number of hydrogen-bond donors (Lipinski definition) is 1. The van der Waals surface area contributed by atoms with Crippen molar-refractivity contribution in [1.82, 2.24) is 24.8 Å². The van der Waals surface area contributed by atoms with Crippen LogP contribution in [0.4, 0.5) is 0 Å². The van der Waals surface area contributed by atoms with Crippen LogP contribution in [0.1, 0.15) is 21.9 Å². The van der Waals surface area contributed by atoms with Crippen molar-refractivity contribution in [2.45, 2.75) is 17.5 Å². The number of halogens is 1. The number of carbonyl (C=O) groups is 1. The molecule has 1 aromatic carbocycles. The zero-order valence-corrected chi connectivity index (χ0v) is 17.8. The molecular weight excluding hydrogens is 414 g/mol. The van der Waals surface area contributed by atoms with Crippen LogP contribution in [0.2, 0.25) is 5.02 Å². The van der Waals surface area contributed by atoms with Crippen LogP contribution >= 0.6 is 23.4 Å². The van der Waals surface area contributed by atoms with E-state index in [4.69, 9.17) is 21.1 Å². The summed E-state index contributed by atoms with van der Waals surface area (Å²) < 4.78 is 12.0. The van der Waals surface area contributed by atoms with Gasteiger partial charge in [0, 0.05) is 18.6 Å². The third kappa shape index (κ3) is 5.39. The molecule has 0 radical (unpaired) electrons. The zero-order chi connectivity index (χ0) is 20.8. The molecule has 1 amide bonds. The van der Waals surface area contributed by atoms with Crippen LogP contribution in [-0.4, -0.2) is 39.6 Å². The molecule has 0 aliphatic carbocycles. The predicted molar refractivity (Wildman–Crippen MR) is 111 cm³/mol. The summed E-state index contributed by atoms with van der Waals surface area (Å²) in [6.45, 7) is 0.404. The fourth-order valence-corrected chi connectivity index (χ4v) is 3.40. The molecule has 3 rings (SSSR count). The maximum absolute atomic E-state index is 12.5. The molecule has 0 aliphatic heterocycles. The monoisotopic (exact) mass is 433 g/mol. The number of benzene rings is 1. The maximum Gasteiger partial charge on any atom is 0.269 e. The molecule has 8 nitrogen and oxygen atoms in total. The Bertz CT molecular complexity index is 972. The maximum atomic E-state index is 12.5. The third-order valence-corrected chi connectivity index (χ3v) is 5.31. The van der Waals surface area contributed by atoms with E-state index in [0.29, 0.717) is 45.8 Å². The van der Waals surface area contributed by atoms with E-state index in [0.717, 1.165) is 5.56 Å². The first-order valence-corrected chi connectivity index (χ1v) is 9.99. The highest BCUT2D eigenvalue weighted by atomic mass is 35.5. The van der Waals surface area contributed by atoms with Gasteiger partial charge < -0.3 is 19.4 Å². The number of hydrogen-bond acceptors (Lipinski definition) is 7. The average molecular weight is 434 g/mol. The molecule has 0 aliphatic rings. The standard InChI is InChI=1S/C19H20ClN5O3S/c1-25-14(18(26)21-9-12-4-6-13(20)7-5-12)10-22-19(25)29-11-15-23-16(27-2)8-17(24-15)28-3/h4-8,10H,9,11H2,1-3H3,(H,21,26). The van der Waals surface area contributed by atoms with Crippen LogP contribution in [-0.2, 0) is 19.3 Å². The van der Waals surface area contributed by atoms with E-state index in [1.165, 1.54) is 26.0 Å². The van der Waals surface area contributed by atoms with E-state index >= 15 is 0 Å². The molecule has 29 heavy (non-hydrogen) atoms. The van der Waals surface area contributed by atoms with Crippen molar-refractivity contribution in [3.05, 3.63) is 58.6 Å². The number of nitrogens with one attached hydrogen (secondary N) is 1. The highest BCUT2D eigenvalue weighted by Gasteiger charge is 2.15.